The zero-order chi connectivity index (χ0) is 22.7. The molecule has 2 heterocycles. The van der Waals surface area contributed by atoms with E-state index in [1.807, 2.05) is 17.5 Å². The lowest BCUT2D eigenvalue weighted by molar-refractivity contribution is 0.0953. The molecule has 9 heteroatoms. The number of rotatable bonds is 7. The van der Waals surface area contributed by atoms with Crippen LogP contribution in [-0.4, -0.2) is 21.4 Å². The molecule has 2 aromatic carbocycles. The lowest BCUT2D eigenvalue weighted by Gasteiger charge is -2.21. The van der Waals surface area contributed by atoms with Gasteiger partial charge in [-0.15, -0.1) is 11.3 Å². The molecule has 0 radical (unpaired) electrons. The largest absolute Gasteiger partial charge is 0.497 e. The van der Waals surface area contributed by atoms with Gasteiger partial charge in [-0.2, -0.15) is 0 Å². The highest BCUT2D eigenvalue weighted by Crippen LogP contribution is 2.28. The summed E-state index contributed by atoms with van der Waals surface area (Å²) in [7, 11) is -2.39. The Balaban J connectivity index is 1.68. The fourth-order valence-electron chi connectivity index (χ4n) is 3.06. The van der Waals surface area contributed by atoms with E-state index in [9.17, 15) is 13.2 Å². The monoisotopic (exact) mass is 487 g/mol. The van der Waals surface area contributed by atoms with Crippen LogP contribution in [0.5, 0.6) is 5.75 Å². The number of benzene rings is 2. The third-order valence-electron chi connectivity index (χ3n) is 4.69. The van der Waals surface area contributed by atoms with Crippen LogP contribution in [0.2, 0.25) is 5.02 Å². The van der Waals surface area contributed by atoms with E-state index in [0.29, 0.717) is 23.0 Å². The van der Waals surface area contributed by atoms with Gasteiger partial charge in [0.15, 0.2) is 5.76 Å². The van der Waals surface area contributed by atoms with Crippen LogP contribution >= 0.6 is 22.9 Å². The molecule has 0 aliphatic carbocycles. The van der Waals surface area contributed by atoms with Crippen molar-refractivity contribution >= 4 is 44.4 Å². The standard InChI is InChI=1S/C23H18ClNO5S2/c1-29-18-5-2-4-17(14-18)25(15-19-6-3-13-31-19)23(26)21-11-12-22(30-21)32(27,28)20-9-7-16(24)8-10-20/h2-14H,15H2,1H3. The van der Waals surface area contributed by atoms with E-state index in [0.717, 1.165) is 4.88 Å². The van der Waals surface area contributed by atoms with Crippen LogP contribution in [0.1, 0.15) is 15.4 Å². The Morgan fingerprint density at radius 3 is 2.53 bits per heavy atom. The van der Waals surface area contributed by atoms with Gasteiger partial charge in [0.2, 0.25) is 14.9 Å². The minimum Gasteiger partial charge on any atom is -0.497 e. The van der Waals surface area contributed by atoms with E-state index >= 15 is 0 Å². The highest BCUT2D eigenvalue weighted by Gasteiger charge is 2.27. The van der Waals surface area contributed by atoms with Gasteiger partial charge in [-0.05, 0) is 60.0 Å². The predicted molar refractivity (Wildman–Crippen MR) is 123 cm³/mol. The van der Waals surface area contributed by atoms with Gasteiger partial charge in [0.1, 0.15) is 5.75 Å². The molecule has 0 saturated heterocycles. The van der Waals surface area contributed by atoms with E-state index in [-0.39, 0.29) is 15.7 Å². The second-order valence-corrected chi connectivity index (χ2v) is 10.1. The number of hydrogen-bond acceptors (Lipinski definition) is 6. The number of hydrogen-bond donors (Lipinski definition) is 0. The third kappa shape index (κ3) is 4.57. The summed E-state index contributed by atoms with van der Waals surface area (Å²) >= 11 is 7.36. The average molecular weight is 488 g/mol. The first-order valence-electron chi connectivity index (χ1n) is 9.47. The molecule has 0 saturated carbocycles. The summed E-state index contributed by atoms with van der Waals surface area (Å²) < 4.78 is 36.6. The average Bonchev–Trinajstić information content (AvgIpc) is 3.50. The molecule has 2 aromatic heterocycles. The quantitative estimate of drug-likeness (QED) is 0.335. The number of furan rings is 1. The highest BCUT2D eigenvalue weighted by atomic mass is 35.5. The van der Waals surface area contributed by atoms with Crippen LogP contribution in [0.25, 0.3) is 0 Å². The molecule has 4 rings (SSSR count). The number of carbonyl (C=O) groups is 1. The summed E-state index contributed by atoms with van der Waals surface area (Å²) in [5, 5.41) is 2.03. The number of amides is 1. The molecule has 0 spiro atoms. The number of nitrogens with zero attached hydrogens (tertiary/aromatic N) is 1. The van der Waals surface area contributed by atoms with Crippen molar-refractivity contribution in [3.8, 4) is 5.75 Å². The molecule has 0 aliphatic rings. The van der Waals surface area contributed by atoms with Gasteiger partial charge >= 0.3 is 0 Å². The summed E-state index contributed by atoms with van der Waals surface area (Å²) in [6.45, 7) is 0.295. The maximum atomic E-state index is 13.4. The molecule has 1 amide bonds. The molecular formula is C23H18ClNO5S2. The molecule has 0 fully saturated rings. The van der Waals surface area contributed by atoms with E-state index < -0.39 is 15.7 Å². The van der Waals surface area contributed by atoms with Gasteiger partial charge < -0.3 is 14.1 Å². The van der Waals surface area contributed by atoms with Gasteiger partial charge in [0.25, 0.3) is 5.91 Å². The number of methoxy groups -OCH3 is 1. The maximum absolute atomic E-state index is 13.4. The second-order valence-electron chi connectivity index (χ2n) is 6.75. The van der Waals surface area contributed by atoms with E-state index in [1.54, 1.807) is 31.4 Å². The van der Waals surface area contributed by atoms with Crippen molar-refractivity contribution in [3.05, 3.63) is 93.8 Å². The Morgan fingerprint density at radius 2 is 1.84 bits per heavy atom. The lowest BCUT2D eigenvalue weighted by Crippen LogP contribution is -2.29. The zero-order valence-corrected chi connectivity index (χ0v) is 19.3. The van der Waals surface area contributed by atoms with Crippen molar-refractivity contribution in [2.45, 2.75) is 16.5 Å². The zero-order valence-electron chi connectivity index (χ0n) is 16.9. The Labute approximate surface area is 194 Å². The molecule has 0 bridgehead atoms. The Morgan fingerprint density at radius 1 is 1.06 bits per heavy atom. The number of ether oxygens (including phenoxy) is 1. The minimum atomic E-state index is -3.93. The first kappa shape index (κ1) is 22.1. The summed E-state index contributed by atoms with van der Waals surface area (Å²) in [5.74, 6) is 0.0399. The molecule has 4 aromatic rings. The number of carbonyl (C=O) groups excluding carboxylic acids is 1. The van der Waals surface area contributed by atoms with Crippen molar-refractivity contribution < 1.29 is 22.4 Å². The van der Waals surface area contributed by atoms with Crippen molar-refractivity contribution in [3.63, 3.8) is 0 Å². The predicted octanol–water partition coefficient (Wildman–Crippen LogP) is 5.68. The van der Waals surface area contributed by atoms with Gasteiger partial charge in [-0.3, -0.25) is 4.79 Å². The molecule has 0 aliphatic heterocycles. The summed E-state index contributed by atoms with van der Waals surface area (Å²) in [6.07, 6.45) is 0. The second kappa shape index (κ2) is 9.20. The van der Waals surface area contributed by atoms with Crippen LogP contribution in [-0.2, 0) is 16.4 Å². The summed E-state index contributed by atoms with van der Waals surface area (Å²) in [5.41, 5.74) is 0.598. The van der Waals surface area contributed by atoms with Crippen LogP contribution in [0.15, 0.2) is 92.6 Å². The van der Waals surface area contributed by atoms with Gasteiger partial charge in [-0.1, -0.05) is 23.7 Å². The number of halogens is 1. The Kier molecular flexibility index (Phi) is 6.36. The molecule has 32 heavy (non-hydrogen) atoms. The Hall–Kier alpha value is -3.07. The molecular weight excluding hydrogens is 470 g/mol. The first-order valence-corrected chi connectivity index (χ1v) is 12.2. The van der Waals surface area contributed by atoms with Gasteiger partial charge in [-0.25, -0.2) is 8.42 Å². The van der Waals surface area contributed by atoms with Crippen LogP contribution in [0.3, 0.4) is 0 Å². The number of sulfone groups is 1. The normalized spacial score (nSPS) is 11.3. The van der Waals surface area contributed by atoms with Gasteiger partial charge in [0, 0.05) is 21.7 Å². The first-order chi connectivity index (χ1) is 15.4. The Bertz CT molecular complexity index is 1330. The third-order valence-corrected chi connectivity index (χ3v) is 7.44. The molecule has 0 N–H and O–H groups in total. The van der Waals surface area contributed by atoms with E-state index in [2.05, 4.69) is 0 Å². The van der Waals surface area contributed by atoms with Crippen molar-refractivity contribution in [2.24, 2.45) is 0 Å². The minimum absolute atomic E-state index is 0.0264. The fraction of sp³-hybridized carbons (Fsp3) is 0.0870. The smallest absolute Gasteiger partial charge is 0.294 e. The van der Waals surface area contributed by atoms with Crippen LogP contribution < -0.4 is 9.64 Å². The van der Waals surface area contributed by atoms with Crippen LogP contribution in [0, 0.1) is 0 Å². The SMILES string of the molecule is COc1cccc(N(Cc2cccs2)C(=O)c2ccc(S(=O)(=O)c3ccc(Cl)cc3)o2)c1. The summed E-state index contributed by atoms with van der Waals surface area (Å²) in [4.78, 5) is 15.9. The topological polar surface area (TPSA) is 76.8 Å². The number of thiophene rings is 1. The maximum Gasteiger partial charge on any atom is 0.294 e. The highest BCUT2D eigenvalue weighted by molar-refractivity contribution is 7.91. The number of anilines is 1. The molecule has 6 nitrogen and oxygen atoms in total. The van der Waals surface area contributed by atoms with Gasteiger partial charge in [0.05, 0.1) is 18.6 Å². The van der Waals surface area contributed by atoms with E-state index in [1.165, 1.54) is 52.6 Å². The molecule has 0 atom stereocenters. The molecule has 164 valence electrons. The fourth-order valence-corrected chi connectivity index (χ4v) is 5.05. The van der Waals surface area contributed by atoms with Crippen molar-refractivity contribution in [2.75, 3.05) is 12.0 Å². The van der Waals surface area contributed by atoms with E-state index in [4.69, 9.17) is 20.8 Å². The van der Waals surface area contributed by atoms with Crippen molar-refractivity contribution in [1.29, 1.82) is 0 Å². The molecule has 0 unspecified atom stereocenters. The lowest BCUT2D eigenvalue weighted by atomic mass is 10.2. The van der Waals surface area contributed by atoms with Crippen molar-refractivity contribution in [1.82, 2.24) is 0 Å². The summed E-state index contributed by atoms with van der Waals surface area (Å²) in [6, 6.07) is 19.3. The van der Waals surface area contributed by atoms with Crippen LogP contribution in [0.4, 0.5) is 5.69 Å².